The van der Waals surface area contributed by atoms with Crippen LogP contribution >= 0.6 is 46.9 Å². The number of pyridine rings is 1. The molecule has 2 aromatic rings. The van der Waals surface area contributed by atoms with Gasteiger partial charge in [-0.1, -0.05) is 35.2 Å². The average Bonchev–Trinajstić information content (AvgIpc) is 2.88. The summed E-state index contributed by atoms with van der Waals surface area (Å²) in [6.45, 7) is 2.78. The summed E-state index contributed by atoms with van der Waals surface area (Å²) in [7, 11) is 0. The van der Waals surface area contributed by atoms with E-state index in [1.54, 1.807) is 17.8 Å². The third kappa shape index (κ3) is 4.10. The fourth-order valence-corrected chi connectivity index (χ4v) is 4.22. The molecule has 0 unspecified atom stereocenters. The molecule has 2 aromatic heterocycles. The lowest BCUT2D eigenvalue weighted by Crippen LogP contribution is -2.28. The molecule has 0 aliphatic carbocycles. The van der Waals surface area contributed by atoms with Gasteiger partial charge in [-0.25, -0.2) is 4.98 Å². The Hall–Kier alpha value is -0.890. The molecule has 0 radical (unpaired) electrons. The standard InChI is InChI=1S/C14H16ClN3OS3/c1-3-18(11(20)6-8-21-2)14-12(15)16-13(22-14)10-5-4-7-17(19)9-10/h4-5,7,9H,3,6,8H2,1-2H3. The molecule has 0 bridgehead atoms. The normalized spacial score (nSPS) is 10.7. The van der Waals surface area contributed by atoms with Crippen molar-refractivity contribution < 1.29 is 4.73 Å². The van der Waals surface area contributed by atoms with Crippen LogP contribution in [0.2, 0.25) is 5.15 Å². The zero-order chi connectivity index (χ0) is 16.1. The van der Waals surface area contributed by atoms with Crippen molar-refractivity contribution in [1.29, 1.82) is 0 Å². The van der Waals surface area contributed by atoms with Crippen molar-refractivity contribution in [2.45, 2.75) is 13.3 Å². The van der Waals surface area contributed by atoms with Crippen LogP contribution in [0.5, 0.6) is 0 Å². The average molecular weight is 374 g/mol. The van der Waals surface area contributed by atoms with Gasteiger partial charge in [-0.15, -0.1) is 0 Å². The van der Waals surface area contributed by atoms with Gasteiger partial charge in [0.25, 0.3) is 0 Å². The highest BCUT2D eigenvalue weighted by atomic mass is 35.5. The van der Waals surface area contributed by atoms with E-state index in [0.29, 0.717) is 5.15 Å². The predicted octanol–water partition coefficient (Wildman–Crippen LogP) is 4.00. The molecule has 8 heteroatoms. The van der Waals surface area contributed by atoms with E-state index in [2.05, 4.69) is 11.2 Å². The monoisotopic (exact) mass is 373 g/mol. The van der Waals surface area contributed by atoms with Crippen LogP contribution in [0, 0.1) is 5.21 Å². The summed E-state index contributed by atoms with van der Waals surface area (Å²) in [5.74, 6) is 0.980. The lowest BCUT2D eigenvalue weighted by atomic mass is 10.3. The molecule has 2 heterocycles. The van der Waals surface area contributed by atoms with E-state index in [4.69, 9.17) is 23.8 Å². The topological polar surface area (TPSA) is 43.1 Å². The first kappa shape index (κ1) is 17.5. The second kappa shape index (κ2) is 8.10. The number of aromatic nitrogens is 2. The van der Waals surface area contributed by atoms with Crippen LogP contribution in [0.1, 0.15) is 13.3 Å². The Morgan fingerprint density at radius 2 is 2.36 bits per heavy atom. The van der Waals surface area contributed by atoms with Gasteiger partial charge in [0.1, 0.15) is 10.0 Å². The number of nitrogens with zero attached hydrogens (tertiary/aromatic N) is 3. The van der Waals surface area contributed by atoms with E-state index in [9.17, 15) is 5.21 Å². The summed E-state index contributed by atoms with van der Waals surface area (Å²) in [6.07, 6.45) is 5.82. The van der Waals surface area contributed by atoms with Crippen LogP contribution < -0.4 is 9.63 Å². The van der Waals surface area contributed by atoms with Gasteiger partial charge >= 0.3 is 0 Å². The molecule has 0 N–H and O–H groups in total. The fraction of sp³-hybridized carbons (Fsp3) is 0.357. The molecular weight excluding hydrogens is 358 g/mol. The van der Waals surface area contributed by atoms with Crippen molar-refractivity contribution in [2.75, 3.05) is 23.5 Å². The predicted molar refractivity (Wildman–Crippen MR) is 100 cm³/mol. The number of thiocarbonyl (C=S) groups is 1. The number of thioether (sulfide) groups is 1. The number of rotatable bonds is 6. The molecule has 0 amide bonds. The Morgan fingerprint density at radius 3 is 3.00 bits per heavy atom. The highest BCUT2D eigenvalue weighted by Gasteiger charge is 2.19. The first-order valence-corrected chi connectivity index (χ1v) is 9.71. The highest BCUT2D eigenvalue weighted by Crippen LogP contribution is 2.37. The van der Waals surface area contributed by atoms with Gasteiger partial charge in [-0.3, -0.25) is 0 Å². The number of hydrogen-bond donors (Lipinski definition) is 0. The molecule has 0 aromatic carbocycles. The second-order valence-corrected chi connectivity index (χ2v) is 7.24. The maximum absolute atomic E-state index is 11.4. The van der Waals surface area contributed by atoms with E-state index in [-0.39, 0.29) is 0 Å². The van der Waals surface area contributed by atoms with Crippen LogP contribution in [-0.2, 0) is 0 Å². The Kier molecular flexibility index (Phi) is 6.43. The molecule has 0 fully saturated rings. The SMILES string of the molecule is CCN(C(=S)CCSC)c1sc(-c2ccc[n+]([O-])c2)nc1Cl. The van der Waals surface area contributed by atoms with Crippen LogP contribution in [0.25, 0.3) is 10.6 Å². The first-order valence-electron chi connectivity index (χ1n) is 6.71. The second-order valence-electron chi connectivity index (χ2n) is 4.45. The lowest BCUT2D eigenvalue weighted by Gasteiger charge is -2.21. The van der Waals surface area contributed by atoms with Gasteiger partial charge in [0.2, 0.25) is 0 Å². The van der Waals surface area contributed by atoms with Gasteiger partial charge in [0.05, 0.1) is 10.6 Å². The smallest absolute Gasteiger partial charge is 0.190 e. The Balaban J connectivity index is 2.30. The summed E-state index contributed by atoms with van der Waals surface area (Å²) in [5, 5.41) is 13.4. The van der Waals surface area contributed by atoms with Gasteiger partial charge in [-0.05, 0) is 25.0 Å². The minimum atomic E-state index is 0.426. The van der Waals surface area contributed by atoms with Crippen molar-refractivity contribution >= 4 is 56.9 Å². The molecule has 4 nitrogen and oxygen atoms in total. The number of hydrogen-bond acceptors (Lipinski definition) is 5. The van der Waals surface area contributed by atoms with E-state index >= 15 is 0 Å². The zero-order valence-corrected chi connectivity index (χ0v) is 15.5. The number of thiazole rings is 1. The van der Waals surface area contributed by atoms with Crippen LogP contribution in [-0.4, -0.2) is 28.5 Å². The van der Waals surface area contributed by atoms with Crippen molar-refractivity contribution in [3.8, 4) is 10.6 Å². The molecular formula is C14H16ClN3OS3. The minimum Gasteiger partial charge on any atom is -0.619 e. The van der Waals surface area contributed by atoms with Crippen LogP contribution in [0.4, 0.5) is 5.00 Å². The van der Waals surface area contributed by atoms with E-state index in [0.717, 1.165) is 44.0 Å². The van der Waals surface area contributed by atoms with Crippen molar-refractivity contribution in [3.05, 3.63) is 34.9 Å². The Morgan fingerprint density at radius 1 is 1.59 bits per heavy atom. The van der Waals surface area contributed by atoms with Gasteiger partial charge < -0.3 is 10.1 Å². The molecule has 22 heavy (non-hydrogen) atoms. The quantitative estimate of drug-likeness (QED) is 0.435. The molecule has 0 atom stereocenters. The first-order chi connectivity index (χ1) is 10.6. The molecule has 0 saturated carbocycles. The molecule has 0 saturated heterocycles. The van der Waals surface area contributed by atoms with Crippen LogP contribution in [0.15, 0.2) is 24.5 Å². The van der Waals surface area contributed by atoms with E-state index in [1.807, 2.05) is 17.9 Å². The van der Waals surface area contributed by atoms with E-state index < -0.39 is 0 Å². The summed E-state index contributed by atoms with van der Waals surface area (Å²) < 4.78 is 0.755. The van der Waals surface area contributed by atoms with Crippen LogP contribution in [0.3, 0.4) is 0 Å². The molecule has 0 aliphatic heterocycles. The molecule has 2 rings (SSSR count). The molecule has 0 aliphatic rings. The number of anilines is 1. The molecule has 118 valence electrons. The Labute approximate surface area is 148 Å². The third-order valence-electron chi connectivity index (χ3n) is 2.97. The van der Waals surface area contributed by atoms with Crippen molar-refractivity contribution in [1.82, 2.24) is 4.98 Å². The summed E-state index contributed by atoms with van der Waals surface area (Å²) in [6, 6.07) is 3.54. The third-order valence-corrected chi connectivity index (χ3v) is 5.51. The minimum absolute atomic E-state index is 0.426. The summed E-state index contributed by atoms with van der Waals surface area (Å²) in [4.78, 5) is 7.26. The summed E-state index contributed by atoms with van der Waals surface area (Å²) >= 11 is 15.0. The van der Waals surface area contributed by atoms with E-state index in [1.165, 1.54) is 23.7 Å². The summed E-state index contributed by atoms with van der Waals surface area (Å²) in [5.41, 5.74) is 0.752. The highest BCUT2D eigenvalue weighted by molar-refractivity contribution is 7.98. The largest absolute Gasteiger partial charge is 0.619 e. The maximum Gasteiger partial charge on any atom is 0.190 e. The van der Waals surface area contributed by atoms with Gasteiger partial charge in [0.15, 0.2) is 17.5 Å². The van der Waals surface area contributed by atoms with Gasteiger partial charge in [0, 0.05) is 19.0 Å². The maximum atomic E-state index is 11.4. The van der Waals surface area contributed by atoms with Gasteiger partial charge in [-0.2, -0.15) is 16.5 Å². The Bertz CT molecular complexity index is 663. The fourth-order valence-electron chi connectivity index (χ4n) is 1.92. The zero-order valence-electron chi connectivity index (χ0n) is 12.3. The van der Waals surface area contributed by atoms with Crippen molar-refractivity contribution in [2.24, 2.45) is 0 Å². The number of halogens is 1. The molecule has 0 spiro atoms. The lowest BCUT2D eigenvalue weighted by molar-refractivity contribution is -0.604. The van der Waals surface area contributed by atoms with Crippen molar-refractivity contribution in [3.63, 3.8) is 0 Å².